The third kappa shape index (κ3) is 11.0. The molecule has 0 aromatic heterocycles. The topological polar surface area (TPSA) is 0 Å². The summed E-state index contributed by atoms with van der Waals surface area (Å²) in [5.41, 5.74) is 2.57. The summed E-state index contributed by atoms with van der Waals surface area (Å²) in [6.07, 6.45) is 39.4. The van der Waals surface area contributed by atoms with Crippen LogP contribution in [-0.4, -0.2) is 0 Å². The van der Waals surface area contributed by atoms with Crippen LogP contribution >= 0.6 is 0 Å². The van der Waals surface area contributed by atoms with Crippen molar-refractivity contribution in [3.63, 3.8) is 0 Å². The summed E-state index contributed by atoms with van der Waals surface area (Å²) in [6, 6.07) is 0. The highest BCUT2D eigenvalue weighted by Crippen LogP contribution is 2.08. The first-order valence-corrected chi connectivity index (χ1v) is 8.55. The maximum atomic E-state index is 2.21. The van der Waals surface area contributed by atoms with E-state index in [1.165, 1.54) is 11.1 Å². The summed E-state index contributed by atoms with van der Waals surface area (Å²) in [5, 5.41) is 0. The standard InChI is InChI=1S/C24H28/c1-3-18-24-21-16-14-12-10-8-6-4-5-7-9-11-13-15-19-23(2)20-17-22-24/h4-17,19-22H,3,18H2,1-2H3. The maximum Gasteiger partial charge on any atom is -0.0281 e. The summed E-state index contributed by atoms with van der Waals surface area (Å²) >= 11 is 0. The fourth-order valence-electron chi connectivity index (χ4n) is 1.98. The Labute approximate surface area is 147 Å². The molecule has 0 bridgehead atoms. The second-order valence-electron chi connectivity index (χ2n) is 5.43. The van der Waals surface area contributed by atoms with Gasteiger partial charge in [-0.2, -0.15) is 0 Å². The van der Waals surface area contributed by atoms with Crippen molar-refractivity contribution in [2.24, 2.45) is 0 Å². The van der Waals surface area contributed by atoms with Gasteiger partial charge in [0, 0.05) is 0 Å². The van der Waals surface area contributed by atoms with Gasteiger partial charge in [0.15, 0.2) is 0 Å². The third-order valence-corrected chi connectivity index (χ3v) is 3.21. The molecular formula is C24H28. The zero-order chi connectivity index (χ0) is 17.3. The van der Waals surface area contributed by atoms with Crippen LogP contribution in [0.15, 0.2) is 121 Å². The van der Waals surface area contributed by atoms with Crippen molar-refractivity contribution in [3.8, 4) is 0 Å². The van der Waals surface area contributed by atoms with Gasteiger partial charge in [-0.1, -0.05) is 128 Å². The van der Waals surface area contributed by atoms with Crippen molar-refractivity contribution in [3.05, 3.63) is 121 Å². The van der Waals surface area contributed by atoms with E-state index in [0.29, 0.717) is 0 Å². The van der Waals surface area contributed by atoms with Gasteiger partial charge in [0.1, 0.15) is 0 Å². The van der Waals surface area contributed by atoms with Crippen LogP contribution in [0.5, 0.6) is 0 Å². The number of rotatable bonds is 2. The molecule has 0 fully saturated rings. The molecule has 24 heavy (non-hydrogen) atoms. The molecule has 0 aromatic carbocycles. The molecular weight excluding hydrogens is 288 g/mol. The van der Waals surface area contributed by atoms with E-state index in [4.69, 9.17) is 0 Å². The van der Waals surface area contributed by atoms with Crippen LogP contribution in [0.3, 0.4) is 0 Å². The summed E-state index contributed by atoms with van der Waals surface area (Å²) in [7, 11) is 0. The molecule has 0 nitrogen and oxygen atoms in total. The molecule has 0 radical (unpaired) electrons. The van der Waals surface area contributed by atoms with E-state index in [2.05, 4.69) is 62.5 Å². The fourth-order valence-corrected chi connectivity index (χ4v) is 1.98. The molecule has 0 saturated heterocycles. The van der Waals surface area contributed by atoms with Crippen LogP contribution in [-0.2, 0) is 0 Å². The normalized spacial score (nSPS) is 16.2. The van der Waals surface area contributed by atoms with Gasteiger partial charge >= 0.3 is 0 Å². The first kappa shape index (κ1) is 19.4. The van der Waals surface area contributed by atoms with Gasteiger partial charge in [-0.05, 0) is 18.9 Å². The number of hydrogen-bond donors (Lipinski definition) is 0. The largest absolute Gasteiger partial charge is 0.0651 e. The van der Waals surface area contributed by atoms with Crippen LogP contribution in [0, 0.1) is 0 Å². The van der Waals surface area contributed by atoms with Gasteiger partial charge < -0.3 is 0 Å². The Bertz CT molecular complexity index is 636. The van der Waals surface area contributed by atoms with E-state index < -0.39 is 0 Å². The molecule has 0 amide bonds. The minimum atomic E-state index is 1.09. The Hall–Kier alpha value is -2.60. The Morgan fingerprint density at radius 2 is 1.04 bits per heavy atom. The Kier molecular flexibility index (Phi) is 11.4. The van der Waals surface area contributed by atoms with Crippen LogP contribution in [0.4, 0.5) is 0 Å². The van der Waals surface area contributed by atoms with E-state index in [-0.39, 0.29) is 0 Å². The van der Waals surface area contributed by atoms with Gasteiger partial charge in [0.25, 0.3) is 0 Å². The van der Waals surface area contributed by atoms with Crippen LogP contribution in [0.25, 0.3) is 0 Å². The lowest BCUT2D eigenvalue weighted by Gasteiger charge is -1.96. The molecule has 0 spiro atoms. The number of hydrogen-bond acceptors (Lipinski definition) is 0. The summed E-state index contributed by atoms with van der Waals surface area (Å²) in [5.74, 6) is 0. The van der Waals surface area contributed by atoms with E-state index >= 15 is 0 Å². The Morgan fingerprint density at radius 3 is 1.58 bits per heavy atom. The highest BCUT2D eigenvalue weighted by molar-refractivity contribution is 5.31. The zero-order valence-electron chi connectivity index (χ0n) is 14.8. The average Bonchev–Trinajstić information content (AvgIpc) is 2.57. The number of allylic oxidation sites excluding steroid dienone is 20. The Balaban J connectivity index is 2.93. The van der Waals surface area contributed by atoms with E-state index in [1.807, 2.05) is 60.8 Å². The lowest BCUT2D eigenvalue weighted by atomic mass is 10.1. The molecule has 0 heteroatoms. The van der Waals surface area contributed by atoms with E-state index in [1.54, 1.807) is 0 Å². The fraction of sp³-hybridized carbons (Fsp3) is 0.167. The molecule has 0 saturated carbocycles. The van der Waals surface area contributed by atoms with Crippen molar-refractivity contribution < 1.29 is 0 Å². The van der Waals surface area contributed by atoms with Crippen molar-refractivity contribution in [2.45, 2.75) is 26.7 Å². The zero-order valence-corrected chi connectivity index (χ0v) is 14.8. The van der Waals surface area contributed by atoms with Gasteiger partial charge in [0.05, 0.1) is 0 Å². The Morgan fingerprint density at radius 1 is 0.542 bits per heavy atom. The lowest BCUT2D eigenvalue weighted by Crippen LogP contribution is -1.76. The SMILES string of the molecule is CCCC1=CC=CC(C)=CC=CC=CC=CC=CC=CC=CC=C1. The quantitative estimate of drug-likeness (QED) is 0.508. The van der Waals surface area contributed by atoms with Gasteiger partial charge in [0.2, 0.25) is 0 Å². The van der Waals surface area contributed by atoms with Gasteiger partial charge in [-0.3, -0.25) is 0 Å². The van der Waals surface area contributed by atoms with Crippen LogP contribution in [0.2, 0.25) is 0 Å². The third-order valence-electron chi connectivity index (χ3n) is 3.21. The predicted octanol–water partition coefficient (Wildman–Crippen LogP) is 7.12. The molecule has 0 atom stereocenters. The van der Waals surface area contributed by atoms with Crippen molar-refractivity contribution in [1.82, 2.24) is 0 Å². The van der Waals surface area contributed by atoms with E-state index in [9.17, 15) is 0 Å². The van der Waals surface area contributed by atoms with Crippen LogP contribution in [0.1, 0.15) is 26.7 Å². The first-order valence-electron chi connectivity index (χ1n) is 8.55. The molecule has 1 rings (SSSR count). The van der Waals surface area contributed by atoms with Crippen molar-refractivity contribution in [1.29, 1.82) is 0 Å². The monoisotopic (exact) mass is 316 g/mol. The van der Waals surface area contributed by atoms with E-state index in [0.717, 1.165) is 12.8 Å². The first-order chi connectivity index (χ1) is 11.8. The molecule has 1 aliphatic carbocycles. The summed E-state index contributed by atoms with van der Waals surface area (Å²) in [6.45, 7) is 4.32. The predicted molar refractivity (Wildman–Crippen MR) is 110 cm³/mol. The average molecular weight is 316 g/mol. The molecule has 0 unspecified atom stereocenters. The highest BCUT2D eigenvalue weighted by atomic mass is 13.9. The molecule has 1 aliphatic rings. The molecule has 124 valence electrons. The molecule has 0 heterocycles. The van der Waals surface area contributed by atoms with Gasteiger partial charge in [-0.15, -0.1) is 0 Å². The second-order valence-corrected chi connectivity index (χ2v) is 5.43. The summed E-state index contributed by atoms with van der Waals surface area (Å²) in [4.78, 5) is 0. The lowest BCUT2D eigenvalue weighted by molar-refractivity contribution is 0.926. The molecule has 0 aliphatic heterocycles. The summed E-state index contributed by atoms with van der Waals surface area (Å²) < 4.78 is 0. The van der Waals surface area contributed by atoms with Crippen molar-refractivity contribution in [2.75, 3.05) is 0 Å². The van der Waals surface area contributed by atoms with Crippen LogP contribution < -0.4 is 0 Å². The molecule has 0 N–H and O–H groups in total. The second kappa shape index (κ2) is 14.0. The minimum Gasteiger partial charge on any atom is -0.0651 e. The van der Waals surface area contributed by atoms with Gasteiger partial charge in [-0.25, -0.2) is 0 Å². The highest BCUT2D eigenvalue weighted by Gasteiger charge is 1.88. The minimum absolute atomic E-state index is 1.09. The smallest absolute Gasteiger partial charge is 0.0281 e. The van der Waals surface area contributed by atoms with Crippen molar-refractivity contribution >= 4 is 0 Å². The molecule has 0 aromatic rings. The maximum absolute atomic E-state index is 2.21.